The van der Waals surface area contributed by atoms with Crippen LogP contribution in [0.2, 0.25) is 0 Å². The van der Waals surface area contributed by atoms with Gasteiger partial charge in [-0.25, -0.2) is 4.98 Å². The Kier molecular flexibility index (Phi) is 6.62. The number of hydrogen-bond acceptors (Lipinski definition) is 4. The van der Waals surface area contributed by atoms with E-state index in [0.717, 1.165) is 28.8 Å². The second kappa shape index (κ2) is 8.92. The van der Waals surface area contributed by atoms with Gasteiger partial charge in [-0.1, -0.05) is 18.2 Å². The van der Waals surface area contributed by atoms with Gasteiger partial charge in [0, 0.05) is 33.3 Å². The number of anilines is 1. The van der Waals surface area contributed by atoms with Crippen LogP contribution in [-0.4, -0.2) is 39.2 Å². The average Bonchev–Trinajstić information content (AvgIpc) is 2.62. The standard InChI is InChI=1S/C19H27N5O/c1-14-9-10-15(17(11-14)25-5)12-21-19(20-2)22-13-16-7-6-8-18(23-16)24(3)4/h6-11H,12-13H2,1-5H3,(H2,20,21,22). The molecule has 1 aromatic carbocycles. The molecule has 0 saturated heterocycles. The third-order valence-electron chi connectivity index (χ3n) is 3.80. The Morgan fingerprint density at radius 1 is 1.16 bits per heavy atom. The van der Waals surface area contributed by atoms with Gasteiger partial charge in [0.25, 0.3) is 0 Å². The summed E-state index contributed by atoms with van der Waals surface area (Å²) in [6.45, 7) is 3.29. The number of ether oxygens (including phenoxy) is 1. The van der Waals surface area contributed by atoms with Crippen LogP contribution in [0.25, 0.3) is 0 Å². The number of aliphatic imine (C=N–C) groups is 1. The topological polar surface area (TPSA) is 61.8 Å². The molecular weight excluding hydrogens is 314 g/mol. The summed E-state index contributed by atoms with van der Waals surface area (Å²) in [5.41, 5.74) is 3.22. The summed E-state index contributed by atoms with van der Waals surface area (Å²) >= 11 is 0. The van der Waals surface area contributed by atoms with Gasteiger partial charge in [-0.15, -0.1) is 0 Å². The Hall–Kier alpha value is -2.76. The molecule has 6 nitrogen and oxygen atoms in total. The number of nitrogens with one attached hydrogen (secondary N) is 2. The van der Waals surface area contributed by atoms with Gasteiger partial charge in [0.05, 0.1) is 19.3 Å². The highest BCUT2D eigenvalue weighted by atomic mass is 16.5. The van der Waals surface area contributed by atoms with E-state index in [-0.39, 0.29) is 0 Å². The maximum absolute atomic E-state index is 5.44. The van der Waals surface area contributed by atoms with Crippen molar-refractivity contribution in [2.45, 2.75) is 20.0 Å². The quantitative estimate of drug-likeness (QED) is 0.624. The lowest BCUT2D eigenvalue weighted by molar-refractivity contribution is 0.408. The van der Waals surface area contributed by atoms with Crippen molar-refractivity contribution in [2.24, 2.45) is 4.99 Å². The number of pyridine rings is 1. The van der Waals surface area contributed by atoms with Crippen LogP contribution in [0.5, 0.6) is 5.75 Å². The third kappa shape index (κ3) is 5.38. The molecule has 0 saturated carbocycles. The molecule has 0 atom stereocenters. The van der Waals surface area contributed by atoms with E-state index in [0.29, 0.717) is 13.1 Å². The maximum Gasteiger partial charge on any atom is 0.191 e. The fraction of sp³-hybridized carbons (Fsp3) is 0.368. The van der Waals surface area contributed by atoms with Crippen LogP contribution in [0, 0.1) is 6.92 Å². The second-order valence-electron chi connectivity index (χ2n) is 5.98. The molecule has 1 heterocycles. The molecule has 134 valence electrons. The van der Waals surface area contributed by atoms with Crippen molar-refractivity contribution < 1.29 is 4.74 Å². The molecule has 0 amide bonds. The van der Waals surface area contributed by atoms with Crippen molar-refractivity contribution in [2.75, 3.05) is 33.2 Å². The van der Waals surface area contributed by atoms with Gasteiger partial charge >= 0.3 is 0 Å². The minimum absolute atomic E-state index is 0.604. The van der Waals surface area contributed by atoms with E-state index in [1.165, 1.54) is 5.56 Å². The van der Waals surface area contributed by atoms with Crippen LogP contribution < -0.4 is 20.3 Å². The summed E-state index contributed by atoms with van der Waals surface area (Å²) < 4.78 is 5.44. The normalized spacial score (nSPS) is 11.2. The van der Waals surface area contributed by atoms with Gasteiger partial charge in [-0.05, 0) is 30.7 Å². The summed E-state index contributed by atoms with van der Waals surface area (Å²) in [7, 11) is 7.41. The molecule has 0 fully saturated rings. The van der Waals surface area contributed by atoms with Crippen molar-refractivity contribution in [1.29, 1.82) is 0 Å². The molecule has 0 bridgehead atoms. The Bertz CT molecular complexity index is 728. The number of benzene rings is 1. The predicted molar refractivity (Wildman–Crippen MR) is 103 cm³/mol. The van der Waals surface area contributed by atoms with Gasteiger partial charge in [0.1, 0.15) is 11.6 Å². The molecule has 2 N–H and O–H groups in total. The van der Waals surface area contributed by atoms with Crippen molar-refractivity contribution >= 4 is 11.8 Å². The lowest BCUT2D eigenvalue weighted by Gasteiger charge is -2.15. The Morgan fingerprint density at radius 2 is 1.92 bits per heavy atom. The molecule has 1 aromatic heterocycles. The van der Waals surface area contributed by atoms with Gasteiger partial charge in [0.2, 0.25) is 0 Å². The van der Waals surface area contributed by atoms with Crippen LogP contribution in [-0.2, 0) is 13.1 Å². The molecular formula is C19H27N5O. The van der Waals surface area contributed by atoms with Crippen molar-refractivity contribution in [3.05, 3.63) is 53.2 Å². The average molecular weight is 341 g/mol. The minimum atomic E-state index is 0.604. The van der Waals surface area contributed by atoms with E-state index in [1.54, 1.807) is 14.2 Å². The monoisotopic (exact) mass is 341 g/mol. The first-order valence-corrected chi connectivity index (χ1v) is 8.24. The number of hydrogen-bond donors (Lipinski definition) is 2. The van der Waals surface area contributed by atoms with Crippen molar-refractivity contribution in [3.8, 4) is 5.75 Å². The fourth-order valence-electron chi connectivity index (χ4n) is 2.39. The van der Waals surface area contributed by atoms with E-state index in [4.69, 9.17) is 4.74 Å². The highest BCUT2D eigenvalue weighted by Gasteiger charge is 2.05. The van der Waals surface area contributed by atoms with E-state index in [2.05, 4.69) is 39.7 Å². The SMILES string of the molecule is CN=C(NCc1cccc(N(C)C)n1)NCc1ccc(C)cc1OC. The summed E-state index contributed by atoms with van der Waals surface area (Å²) in [5.74, 6) is 2.54. The first-order chi connectivity index (χ1) is 12.0. The zero-order valence-electron chi connectivity index (χ0n) is 15.6. The lowest BCUT2D eigenvalue weighted by Crippen LogP contribution is -2.36. The van der Waals surface area contributed by atoms with Gasteiger partial charge in [-0.3, -0.25) is 4.99 Å². The minimum Gasteiger partial charge on any atom is -0.496 e. The number of aryl methyl sites for hydroxylation is 1. The molecule has 0 unspecified atom stereocenters. The fourth-order valence-corrected chi connectivity index (χ4v) is 2.39. The van der Waals surface area contributed by atoms with Crippen LogP contribution in [0.1, 0.15) is 16.8 Å². The molecule has 2 rings (SSSR count). The van der Waals surface area contributed by atoms with Crippen LogP contribution in [0.3, 0.4) is 0 Å². The molecule has 0 aliphatic carbocycles. The highest BCUT2D eigenvalue weighted by molar-refractivity contribution is 5.79. The second-order valence-corrected chi connectivity index (χ2v) is 5.98. The summed E-state index contributed by atoms with van der Waals surface area (Å²) in [6.07, 6.45) is 0. The molecule has 0 radical (unpaired) electrons. The molecule has 0 aliphatic rings. The van der Waals surface area contributed by atoms with Crippen LogP contribution in [0.4, 0.5) is 5.82 Å². The number of nitrogens with zero attached hydrogens (tertiary/aromatic N) is 3. The highest BCUT2D eigenvalue weighted by Crippen LogP contribution is 2.19. The van der Waals surface area contributed by atoms with E-state index < -0.39 is 0 Å². The number of methoxy groups -OCH3 is 1. The zero-order valence-corrected chi connectivity index (χ0v) is 15.6. The number of aromatic nitrogens is 1. The Morgan fingerprint density at radius 3 is 2.60 bits per heavy atom. The first kappa shape index (κ1) is 18.6. The zero-order chi connectivity index (χ0) is 18.2. The van der Waals surface area contributed by atoms with Crippen molar-refractivity contribution in [3.63, 3.8) is 0 Å². The van der Waals surface area contributed by atoms with Crippen LogP contribution in [0.15, 0.2) is 41.4 Å². The maximum atomic E-state index is 5.44. The Balaban J connectivity index is 1.94. The molecule has 6 heteroatoms. The molecule has 0 aliphatic heterocycles. The number of guanidine groups is 1. The predicted octanol–water partition coefficient (Wildman–Crippen LogP) is 2.33. The molecule has 2 aromatic rings. The summed E-state index contributed by atoms with van der Waals surface area (Å²) in [5, 5.41) is 6.60. The first-order valence-electron chi connectivity index (χ1n) is 8.24. The van der Waals surface area contributed by atoms with Gasteiger partial charge in [-0.2, -0.15) is 0 Å². The largest absolute Gasteiger partial charge is 0.496 e. The van der Waals surface area contributed by atoms with E-state index in [9.17, 15) is 0 Å². The van der Waals surface area contributed by atoms with Gasteiger partial charge < -0.3 is 20.3 Å². The van der Waals surface area contributed by atoms with Crippen LogP contribution >= 0.6 is 0 Å². The van der Waals surface area contributed by atoms with E-state index >= 15 is 0 Å². The van der Waals surface area contributed by atoms with Gasteiger partial charge in [0.15, 0.2) is 5.96 Å². The lowest BCUT2D eigenvalue weighted by atomic mass is 10.1. The number of rotatable bonds is 6. The third-order valence-corrected chi connectivity index (χ3v) is 3.80. The summed E-state index contributed by atoms with van der Waals surface area (Å²) in [6, 6.07) is 12.2. The summed E-state index contributed by atoms with van der Waals surface area (Å²) in [4.78, 5) is 10.8. The molecule has 25 heavy (non-hydrogen) atoms. The van der Waals surface area contributed by atoms with Crippen molar-refractivity contribution in [1.82, 2.24) is 15.6 Å². The molecule has 0 spiro atoms. The smallest absolute Gasteiger partial charge is 0.191 e. The van der Waals surface area contributed by atoms with E-state index in [1.807, 2.05) is 43.3 Å². The Labute approximate surface area is 149 Å².